The SMILES string of the molecule is C[C@H](NOC(=O)c1ccccc1)C(=O)OP(=O)(O)Oc1ccccc1. The van der Waals surface area contributed by atoms with Gasteiger partial charge >= 0.3 is 19.8 Å². The molecule has 25 heavy (non-hydrogen) atoms. The summed E-state index contributed by atoms with van der Waals surface area (Å²) in [5.41, 5.74) is 2.43. The molecule has 2 rings (SSSR count). The summed E-state index contributed by atoms with van der Waals surface area (Å²) in [5, 5.41) is 0. The Morgan fingerprint density at radius 1 is 1.04 bits per heavy atom. The van der Waals surface area contributed by atoms with Crippen LogP contribution in [0.5, 0.6) is 5.75 Å². The van der Waals surface area contributed by atoms with Crippen molar-refractivity contribution in [2.75, 3.05) is 0 Å². The van der Waals surface area contributed by atoms with Gasteiger partial charge in [0.2, 0.25) is 0 Å². The number of hydrogen-bond acceptors (Lipinski definition) is 7. The lowest BCUT2D eigenvalue weighted by Gasteiger charge is -2.16. The molecule has 0 heterocycles. The maximum Gasteiger partial charge on any atom is 0.587 e. The molecule has 1 unspecified atom stereocenters. The minimum atomic E-state index is -4.66. The van der Waals surface area contributed by atoms with Crippen LogP contribution in [-0.4, -0.2) is 22.9 Å². The quantitative estimate of drug-likeness (QED) is 0.569. The number of benzene rings is 2. The number of carbonyl (C=O) groups excluding carboxylic acids is 2. The van der Waals surface area contributed by atoms with Crippen molar-refractivity contribution >= 4 is 19.8 Å². The van der Waals surface area contributed by atoms with Gasteiger partial charge in [-0.2, -0.15) is 0 Å². The highest BCUT2D eigenvalue weighted by molar-refractivity contribution is 7.48. The van der Waals surface area contributed by atoms with Crippen LogP contribution < -0.4 is 10.0 Å². The Labute approximate surface area is 143 Å². The Kier molecular flexibility index (Phi) is 6.30. The van der Waals surface area contributed by atoms with Crippen LogP contribution in [0.2, 0.25) is 0 Å². The summed E-state index contributed by atoms with van der Waals surface area (Å²) >= 11 is 0. The Balaban J connectivity index is 1.85. The summed E-state index contributed by atoms with van der Waals surface area (Å²) in [6, 6.07) is 14.6. The molecule has 0 bridgehead atoms. The molecule has 9 heteroatoms. The Morgan fingerprint density at radius 3 is 2.20 bits per heavy atom. The summed E-state index contributed by atoms with van der Waals surface area (Å²) < 4.78 is 21.0. The molecule has 0 radical (unpaired) electrons. The van der Waals surface area contributed by atoms with Crippen molar-refractivity contribution in [3.63, 3.8) is 0 Å². The first-order valence-electron chi connectivity index (χ1n) is 7.20. The lowest BCUT2D eigenvalue weighted by atomic mass is 10.2. The van der Waals surface area contributed by atoms with Crippen LogP contribution in [0.1, 0.15) is 17.3 Å². The zero-order valence-electron chi connectivity index (χ0n) is 13.2. The van der Waals surface area contributed by atoms with E-state index in [-0.39, 0.29) is 11.3 Å². The van der Waals surface area contributed by atoms with Gasteiger partial charge in [-0.1, -0.05) is 36.4 Å². The van der Waals surface area contributed by atoms with Gasteiger partial charge in [-0.15, -0.1) is 5.48 Å². The third-order valence-corrected chi connectivity index (χ3v) is 3.71. The number of rotatable bonds is 7. The molecule has 2 atom stereocenters. The van der Waals surface area contributed by atoms with E-state index >= 15 is 0 Å². The average Bonchev–Trinajstić information content (AvgIpc) is 2.60. The van der Waals surface area contributed by atoms with E-state index in [0.717, 1.165) is 0 Å². The van der Waals surface area contributed by atoms with Crippen molar-refractivity contribution in [3.8, 4) is 5.75 Å². The van der Waals surface area contributed by atoms with Crippen molar-refractivity contribution in [2.24, 2.45) is 0 Å². The molecule has 0 aliphatic carbocycles. The smallest absolute Gasteiger partial charge is 0.395 e. The van der Waals surface area contributed by atoms with Gasteiger partial charge in [-0.25, -0.2) is 14.2 Å². The maximum absolute atomic E-state index is 11.8. The van der Waals surface area contributed by atoms with Crippen molar-refractivity contribution in [1.82, 2.24) is 5.48 Å². The summed E-state index contributed by atoms with van der Waals surface area (Å²) in [7, 11) is -4.66. The van der Waals surface area contributed by atoms with E-state index in [1.54, 1.807) is 36.4 Å². The fourth-order valence-electron chi connectivity index (χ4n) is 1.65. The first kappa shape index (κ1) is 18.7. The number of para-hydroxylation sites is 1. The molecule has 0 spiro atoms. The number of nitrogens with one attached hydrogen (secondary N) is 1. The van der Waals surface area contributed by atoms with Crippen molar-refractivity contribution < 1.29 is 32.9 Å². The van der Waals surface area contributed by atoms with Crippen LogP contribution in [0.25, 0.3) is 0 Å². The molecule has 0 fully saturated rings. The number of phosphoric acid groups is 1. The number of carbonyl (C=O) groups is 2. The van der Waals surface area contributed by atoms with E-state index in [9.17, 15) is 19.0 Å². The molecule has 2 N–H and O–H groups in total. The molecule has 0 saturated carbocycles. The predicted octanol–water partition coefficient (Wildman–Crippen LogP) is 2.46. The second-order valence-corrected chi connectivity index (χ2v) is 6.18. The van der Waals surface area contributed by atoms with E-state index < -0.39 is 25.8 Å². The van der Waals surface area contributed by atoms with Gasteiger partial charge in [0.1, 0.15) is 11.8 Å². The minimum absolute atomic E-state index is 0.0669. The molecule has 0 aliphatic rings. The standard InChI is InChI=1S/C16H16NO7P/c1-12(17-22-16(19)13-8-4-2-5-9-13)15(18)24-25(20,21)23-14-10-6-3-7-11-14/h2-12,17H,1H3,(H,20,21)/t12-/m0/s1. The maximum atomic E-state index is 11.8. The van der Waals surface area contributed by atoms with Gasteiger partial charge < -0.3 is 13.9 Å². The van der Waals surface area contributed by atoms with Gasteiger partial charge in [-0.3, -0.25) is 4.89 Å². The summed E-state index contributed by atoms with van der Waals surface area (Å²) in [6.45, 7) is 1.29. The number of phosphoric ester groups is 1. The first-order chi connectivity index (χ1) is 11.9. The second kappa shape index (κ2) is 8.43. The lowest BCUT2D eigenvalue weighted by molar-refractivity contribution is -0.140. The van der Waals surface area contributed by atoms with E-state index in [1.807, 2.05) is 0 Å². The molecule has 0 amide bonds. The third kappa shape index (κ3) is 6.04. The fraction of sp³-hybridized carbons (Fsp3) is 0.125. The van der Waals surface area contributed by atoms with Crippen LogP contribution in [-0.2, 0) is 18.7 Å². The Hall–Kier alpha value is -2.67. The Morgan fingerprint density at radius 2 is 1.60 bits per heavy atom. The highest BCUT2D eigenvalue weighted by atomic mass is 31.2. The van der Waals surface area contributed by atoms with Crippen molar-refractivity contribution in [1.29, 1.82) is 0 Å². The van der Waals surface area contributed by atoms with E-state index in [2.05, 4.69) is 10.0 Å². The second-order valence-electron chi connectivity index (χ2n) is 4.88. The number of hydroxylamine groups is 1. The monoisotopic (exact) mass is 365 g/mol. The summed E-state index contributed by atoms with van der Waals surface area (Å²) in [5.74, 6) is -1.77. The first-order valence-corrected chi connectivity index (χ1v) is 8.69. The third-order valence-electron chi connectivity index (χ3n) is 2.86. The summed E-state index contributed by atoms with van der Waals surface area (Å²) in [6.07, 6.45) is 0. The van der Waals surface area contributed by atoms with Gasteiger partial charge in [0.05, 0.1) is 5.56 Å². The topological polar surface area (TPSA) is 111 Å². The normalized spacial score (nSPS) is 14.0. The molecule has 0 saturated heterocycles. The van der Waals surface area contributed by atoms with Crippen molar-refractivity contribution in [3.05, 3.63) is 66.2 Å². The molecular weight excluding hydrogens is 349 g/mol. The Bertz CT molecular complexity index is 767. The van der Waals surface area contributed by atoms with Gasteiger partial charge in [0, 0.05) is 0 Å². The highest BCUT2D eigenvalue weighted by Crippen LogP contribution is 2.44. The van der Waals surface area contributed by atoms with E-state index in [4.69, 9.17) is 9.36 Å². The highest BCUT2D eigenvalue weighted by Gasteiger charge is 2.31. The van der Waals surface area contributed by atoms with Crippen LogP contribution >= 0.6 is 7.82 Å². The molecule has 2 aromatic rings. The molecule has 132 valence electrons. The lowest BCUT2D eigenvalue weighted by Crippen LogP contribution is -2.36. The zero-order chi connectivity index (χ0) is 18.3. The average molecular weight is 365 g/mol. The van der Waals surface area contributed by atoms with Gasteiger partial charge in [0.25, 0.3) is 0 Å². The molecule has 0 aromatic heterocycles. The predicted molar refractivity (Wildman–Crippen MR) is 87.4 cm³/mol. The molecule has 2 aromatic carbocycles. The molecule has 0 aliphatic heterocycles. The van der Waals surface area contributed by atoms with Gasteiger partial charge in [-0.05, 0) is 31.2 Å². The van der Waals surface area contributed by atoms with E-state index in [1.165, 1.54) is 31.2 Å². The van der Waals surface area contributed by atoms with Crippen LogP contribution in [0.4, 0.5) is 0 Å². The zero-order valence-corrected chi connectivity index (χ0v) is 14.1. The van der Waals surface area contributed by atoms with Crippen LogP contribution in [0, 0.1) is 0 Å². The molecular formula is C16H16NO7P. The van der Waals surface area contributed by atoms with Crippen LogP contribution in [0.3, 0.4) is 0 Å². The minimum Gasteiger partial charge on any atom is -0.395 e. The van der Waals surface area contributed by atoms with Crippen molar-refractivity contribution in [2.45, 2.75) is 13.0 Å². The van der Waals surface area contributed by atoms with E-state index in [0.29, 0.717) is 0 Å². The fourth-order valence-corrected chi connectivity index (χ4v) is 2.46. The van der Waals surface area contributed by atoms with Gasteiger partial charge in [0.15, 0.2) is 0 Å². The number of hydrogen-bond donors (Lipinski definition) is 2. The molecule has 8 nitrogen and oxygen atoms in total. The largest absolute Gasteiger partial charge is 0.587 e. The summed E-state index contributed by atoms with van der Waals surface area (Å²) in [4.78, 5) is 37.9. The van der Waals surface area contributed by atoms with Crippen LogP contribution in [0.15, 0.2) is 60.7 Å².